The van der Waals surface area contributed by atoms with Gasteiger partial charge in [0.25, 0.3) is 0 Å². The van der Waals surface area contributed by atoms with Gasteiger partial charge >= 0.3 is 0 Å². The summed E-state index contributed by atoms with van der Waals surface area (Å²) in [6.07, 6.45) is 7.73. The van der Waals surface area contributed by atoms with E-state index in [2.05, 4.69) is 32.6 Å². The molecule has 0 aromatic heterocycles. The first-order valence-electron chi connectivity index (χ1n) is 7.27. The van der Waals surface area contributed by atoms with Gasteiger partial charge in [-0.25, -0.2) is 0 Å². The van der Waals surface area contributed by atoms with Gasteiger partial charge in [0, 0.05) is 24.5 Å². The van der Waals surface area contributed by atoms with E-state index in [0.717, 1.165) is 6.54 Å². The van der Waals surface area contributed by atoms with Gasteiger partial charge in [0.05, 0.1) is 0 Å². The molecule has 0 aliphatic heterocycles. The lowest BCUT2D eigenvalue weighted by molar-refractivity contribution is -0.114. The van der Waals surface area contributed by atoms with Gasteiger partial charge in [0.15, 0.2) is 0 Å². The van der Waals surface area contributed by atoms with Gasteiger partial charge in [-0.2, -0.15) is 0 Å². The van der Waals surface area contributed by atoms with E-state index in [0.29, 0.717) is 18.0 Å². The Hall–Kier alpha value is -0.370. The van der Waals surface area contributed by atoms with Crippen LogP contribution in [0.5, 0.6) is 0 Å². The average Bonchev–Trinajstić information content (AvgIpc) is 2.30. The van der Waals surface area contributed by atoms with E-state index in [4.69, 9.17) is 0 Å². The Morgan fingerprint density at radius 3 is 2.00 bits per heavy atom. The molecule has 0 N–H and O–H groups in total. The number of aldehydes is 1. The van der Waals surface area contributed by atoms with Gasteiger partial charge < -0.3 is 4.79 Å². The third-order valence-electron chi connectivity index (χ3n) is 4.18. The minimum Gasteiger partial charge on any atom is -0.303 e. The fourth-order valence-corrected chi connectivity index (χ4v) is 3.13. The zero-order chi connectivity index (χ0) is 12.8. The van der Waals surface area contributed by atoms with Crippen molar-refractivity contribution in [3.8, 4) is 0 Å². The minimum absolute atomic E-state index is 0.250. The van der Waals surface area contributed by atoms with Gasteiger partial charge in [-0.1, -0.05) is 19.3 Å². The van der Waals surface area contributed by atoms with Crippen LogP contribution in [0, 0.1) is 11.8 Å². The van der Waals surface area contributed by atoms with Crippen LogP contribution in [0.25, 0.3) is 0 Å². The van der Waals surface area contributed by atoms with Crippen LogP contribution in [-0.2, 0) is 4.79 Å². The van der Waals surface area contributed by atoms with Crippen molar-refractivity contribution in [3.05, 3.63) is 0 Å². The summed E-state index contributed by atoms with van der Waals surface area (Å²) in [5, 5.41) is 0. The number of nitrogens with zero attached hydrogens (tertiary/aromatic N) is 1. The summed E-state index contributed by atoms with van der Waals surface area (Å²) in [5.41, 5.74) is 0. The Morgan fingerprint density at radius 2 is 1.59 bits per heavy atom. The molecule has 1 aliphatic rings. The van der Waals surface area contributed by atoms with Crippen LogP contribution < -0.4 is 0 Å². The predicted octanol–water partition coefficient (Wildman–Crippen LogP) is 3.50. The molecule has 2 heteroatoms. The second kappa shape index (κ2) is 7.15. The van der Waals surface area contributed by atoms with Crippen LogP contribution in [0.3, 0.4) is 0 Å². The topological polar surface area (TPSA) is 20.3 Å². The highest BCUT2D eigenvalue weighted by atomic mass is 16.1. The first kappa shape index (κ1) is 14.7. The van der Waals surface area contributed by atoms with Crippen molar-refractivity contribution < 1.29 is 4.79 Å². The maximum absolute atomic E-state index is 11.4. The van der Waals surface area contributed by atoms with Crippen LogP contribution >= 0.6 is 0 Å². The lowest BCUT2D eigenvalue weighted by atomic mass is 9.80. The number of hydrogen-bond donors (Lipinski definition) is 0. The maximum atomic E-state index is 11.4. The lowest BCUT2D eigenvalue weighted by Gasteiger charge is -2.36. The number of carbonyl (C=O) groups is 1. The fourth-order valence-electron chi connectivity index (χ4n) is 3.13. The van der Waals surface area contributed by atoms with E-state index in [-0.39, 0.29) is 5.92 Å². The van der Waals surface area contributed by atoms with Crippen molar-refractivity contribution in [2.45, 2.75) is 71.9 Å². The SMILES string of the molecule is CC(C)N(CC(C=O)C1CCCCC1)C(C)C. The Labute approximate surface area is 107 Å². The zero-order valence-electron chi connectivity index (χ0n) is 12.0. The molecule has 1 atom stereocenters. The molecule has 0 aromatic rings. The molecule has 0 amide bonds. The average molecular weight is 239 g/mol. The molecule has 0 spiro atoms. The van der Waals surface area contributed by atoms with Crippen LogP contribution in [0.1, 0.15) is 59.8 Å². The summed E-state index contributed by atoms with van der Waals surface area (Å²) in [4.78, 5) is 13.8. The van der Waals surface area contributed by atoms with Gasteiger partial charge in [-0.15, -0.1) is 0 Å². The highest BCUT2D eigenvalue weighted by molar-refractivity contribution is 5.54. The smallest absolute Gasteiger partial charge is 0.124 e. The lowest BCUT2D eigenvalue weighted by Crippen LogP contribution is -2.42. The van der Waals surface area contributed by atoms with E-state index in [1.807, 2.05) is 0 Å². The molecule has 1 unspecified atom stereocenters. The predicted molar refractivity (Wildman–Crippen MR) is 73.1 cm³/mol. The monoisotopic (exact) mass is 239 g/mol. The molecule has 0 saturated heterocycles. The summed E-state index contributed by atoms with van der Waals surface area (Å²) in [5.74, 6) is 0.890. The second-order valence-corrected chi connectivity index (χ2v) is 6.08. The van der Waals surface area contributed by atoms with Crippen molar-refractivity contribution in [2.24, 2.45) is 11.8 Å². The molecule has 2 nitrogen and oxygen atoms in total. The minimum atomic E-state index is 0.250. The van der Waals surface area contributed by atoms with Crippen molar-refractivity contribution in [2.75, 3.05) is 6.54 Å². The van der Waals surface area contributed by atoms with Crippen molar-refractivity contribution >= 4 is 6.29 Å². The van der Waals surface area contributed by atoms with Crippen LogP contribution in [0.15, 0.2) is 0 Å². The summed E-state index contributed by atoms with van der Waals surface area (Å²) < 4.78 is 0. The Kier molecular flexibility index (Phi) is 6.18. The molecular weight excluding hydrogens is 210 g/mol. The molecule has 1 rings (SSSR count). The molecule has 0 bridgehead atoms. The first-order valence-corrected chi connectivity index (χ1v) is 7.27. The Bertz CT molecular complexity index is 211. The molecule has 0 radical (unpaired) electrons. The molecule has 17 heavy (non-hydrogen) atoms. The van der Waals surface area contributed by atoms with Gasteiger partial charge in [-0.3, -0.25) is 4.90 Å². The molecule has 0 aromatic carbocycles. The highest BCUT2D eigenvalue weighted by Gasteiger charge is 2.26. The maximum Gasteiger partial charge on any atom is 0.124 e. The van der Waals surface area contributed by atoms with Crippen LogP contribution in [-0.4, -0.2) is 29.8 Å². The quantitative estimate of drug-likeness (QED) is 0.661. The van der Waals surface area contributed by atoms with E-state index >= 15 is 0 Å². The number of carbonyl (C=O) groups excluding carboxylic acids is 1. The third-order valence-corrected chi connectivity index (χ3v) is 4.18. The molecule has 0 heterocycles. The van der Waals surface area contributed by atoms with Gasteiger partial charge in [0.1, 0.15) is 6.29 Å². The van der Waals surface area contributed by atoms with Crippen LogP contribution in [0.2, 0.25) is 0 Å². The van der Waals surface area contributed by atoms with E-state index in [9.17, 15) is 4.79 Å². The Balaban J connectivity index is 2.57. The summed E-state index contributed by atoms with van der Waals surface area (Å²) in [6.45, 7) is 9.85. The standard InChI is InChI=1S/C15H29NO/c1-12(2)16(13(3)4)10-15(11-17)14-8-6-5-7-9-14/h11-15H,5-10H2,1-4H3. The van der Waals surface area contributed by atoms with E-state index in [1.54, 1.807) is 0 Å². The molecule has 100 valence electrons. The normalized spacial score (nSPS) is 20.2. The summed E-state index contributed by atoms with van der Waals surface area (Å²) in [6, 6.07) is 1.06. The second-order valence-electron chi connectivity index (χ2n) is 6.08. The summed E-state index contributed by atoms with van der Waals surface area (Å²) >= 11 is 0. The zero-order valence-corrected chi connectivity index (χ0v) is 12.0. The molecule has 1 saturated carbocycles. The first-order chi connectivity index (χ1) is 8.06. The van der Waals surface area contributed by atoms with E-state index in [1.165, 1.54) is 38.4 Å². The molecular formula is C15H29NO. The van der Waals surface area contributed by atoms with Crippen molar-refractivity contribution in [3.63, 3.8) is 0 Å². The largest absolute Gasteiger partial charge is 0.303 e. The summed E-state index contributed by atoms with van der Waals surface area (Å²) in [7, 11) is 0. The molecule has 1 fully saturated rings. The fraction of sp³-hybridized carbons (Fsp3) is 0.933. The number of rotatable bonds is 6. The van der Waals surface area contributed by atoms with Crippen molar-refractivity contribution in [1.29, 1.82) is 0 Å². The Morgan fingerprint density at radius 1 is 1.06 bits per heavy atom. The van der Waals surface area contributed by atoms with Gasteiger partial charge in [-0.05, 0) is 46.5 Å². The highest BCUT2D eigenvalue weighted by Crippen LogP contribution is 2.30. The van der Waals surface area contributed by atoms with E-state index < -0.39 is 0 Å². The van der Waals surface area contributed by atoms with Crippen LogP contribution in [0.4, 0.5) is 0 Å². The molecule has 1 aliphatic carbocycles. The third kappa shape index (κ3) is 4.42. The number of hydrogen-bond acceptors (Lipinski definition) is 2. The van der Waals surface area contributed by atoms with Crippen molar-refractivity contribution in [1.82, 2.24) is 4.90 Å². The van der Waals surface area contributed by atoms with Gasteiger partial charge in [0.2, 0.25) is 0 Å².